The molecule has 3 saturated carbocycles. The molecular formula is C27H40O6. The van der Waals surface area contributed by atoms with Crippen molar-refractivity contribution in [2.45, 2.75) is 117 Å². The second-order valence-corrected chi connectivity index (χ2v) is 13.3. The zero-order valence-corrected chi connectivity index (χ0v) is 20.9. The Morgan fingerprint density at radius 1 is 1.00 bits per heavy atom. The quantitative estimate of drug-likeness (QED) is 0.514. The minimum atomic E-state index is -0.995. The summed E-state index contributed by atoms with van der Waals surface area (Å²) in [6.07, 6.45) is 7.84. The van der Waals surface area contributed by atoms with E-state index in [0.717, 1.165) is 18.8 Å². The van der Waals surface area contributed by atoms with E-state index in [-0.39, 0.29) is 36.0 Å². The zero-order chi connectivity index (χ0) is 23.4. The van der Waals surface area contributed by atoms with Crippen LogP contribution >= 0.6 is 0 Å². The van der Waals surface area contributed by atoms with Gasteiger partial charge in [-0.25, -0.2) is 0 Å². The van der Waals surface area contributed by atoms with Crippen molar-refractivity contribution in [2.24, 2.45) is 39.9 Å². The summed E-state index contributed by atoms with van der Waals surface area (Å²) in [5, 5.41) is 0. The van der Waals surface area contributed by atoms with E-state index in [1.54, 1.807) is 0 Å². The molecule has 3 saturated heterocycles. The number of carbonyl (C=O) groups is 2. The highest BCUT2D eigenvalue weighted by molar-refractivity contribution is 5.74. The molecule has 6 fully saturated rings. The van der Waals surface area contributed by atoms with Gasteiger partial charge in [-0.05, 0) is 78.9 Å². The summed E-state index contributed by atoms with van der Waals surface area (Å²) in [5.41, 5.74) is -0.109. The first kappa shape index (κ1) is 22.3. The van der Waals surface area contributed by atoms with Crippen LogP contribution in [0.25, 0.3) is 0 Å². The van der Waals surface area contributed by atoms with Crippen LogP contribution in [0.5, 0.6) is 0 Å². The smallest absolute Gasteiger partial charge is 0.311 e. The lowest BCUT2D eigenvalue weighted by Crippen LogP contribution is -2.60. The molecule has 1 spiro atoms. The Kier molecular flexibility index (Phi) is 4.71. The predicted octanol–water partition coefficient (Wildman–Crippen LogP) is 4.98. The van der Waals surface area contributed by atoms with Gasteiger partial charge in [-0.2, -0.15) is 0 Å². The number of ether oxygens (including phenoxy) is 4. The second kappa shape index (κ2) is 6.96. The molecule has 6 unspecified atom stereocenters. The van der Waals surface area contributed by atoms with Crippen molar-refractivity contribution in [3.8, 4) is 0 Å². The van der Waals surface area contributed by atoms with Gasteiger partial charge in [0.25, 0.3) is 0 Å². The Balaban J connectivity index is 1.39. The molecule has 0 N–H and O–H groups in total. The van der Waals surface area contributed by atoms with Gasteiger partial charge in [0.2, 0.25) is 6.29 Å². The maximum absolute atomic E-state index is 12.2. The average molecular weight is 461 g/mol. The van der Waals surface area contributed by atoms with Crippen LogP contribution in [0.2, 0.25) is 0 Å². The van der Waals surface area contributed by atoms with Gasteiger partial charge in [0, 0.05) is 12.8 Å². The first-order valence-electron chi connectivity index (χ1n) is 13.2. The fraction of sp³-hybridized carbons (Fsp3) is 0.926. The summed E-state index contributed by atoms with van der Waals surface area (Å²) in [5.74, 6) is 1.32. The van der Waals surface area contributed by atoms with E-state index in [9.17, 15) is 9.59 Å². The molecule has 3 aliphatic heterocycles. The number of hydrogen-bond donors (Lipinski definition) is 0. The van der Waals surface area contributed by atoms with Gasteiger partial charge >= 0.3 is 11.9 Å². The van der Waals surface area contributed by atoms with E-state index < -0.39 is 18.0 Å². The molecule has 3 heterocycles. The Bertz CT molecular complexity index is 869. The Morgan fingerprint density at radius 3 is 2.55 bits per heavy atom. The third-order valence-electron chi connectivity index (χ3n) is 11.3. The molecule has 6 rings (SSSR count). The van der Waals surface area contributed by atoms with Gasteiger partial charge < -0.3 is 18.9 Å². The lowest BCUT2D eigenvalue weighted by atomic mass is 9.38. The van der Waals surface area contributed by atoms with Gasteiger partial charge in [-0.15, -0.1) is 0 Å². The van der Waals surface area contributed by atoms with E-state index in [2.05, 4.69) is 27.7 Å². The summed E-state index contributed by atoms with van der Waals surface area (Å²) in [7, 11) is 0. The molecule has 0 amide bonds. The molecule has 6 heteroatoms. The lowest BCUT2D eigenvalue weighted by molar-refractivity contribution is -0.222. The van der Waals surface area contributed by atoms with Crippen LogP contribution in [0, 0.1) is 39.9 Å². The van der Waals surface area contributed by atoms with Gasteiger partial charge in [-0.1, -0.05) is 34.1 Å². The highest BCUT2D eigenvalue weighted by atomic mass is 16.8. The number of esters is 2. The Labute approximate surface area is 197 Å². The normalized spacial score (nSPS) is 54.2. The number of rotatable bonds is 1. The van der Waals surface area contributed by atoms with Gasteiger partial charge in [0.05, 0.1) is 6.42 Å². The SMILES string of the molecule is CC(=O)OC1C[C@@H]2C(CCC3[C@@]4(C)CCCC(C)(C)C4CC[C@]32C)C2O[C@@H]3OC(=O)CC13O2. The predicted molar refractivity (Wildman–Crippen MR) is 120 cm³/mol. The van der Waals surface area contributed by atoms with Crippen LogP contribution in [-0.4, -0.2) is 36.2 Å². The standard InChI is InChI=1S/C27H40O6/c1-15(28)30-20-13-17-16(22-32-23-27(20,33-22)14-21(29)31-23)7-8-19-25(17,4)12-9-18-24(2,3)10-6-11-26(18,19)5/h16-20,22-23H,6-14H2,1-5H3/t16?,17-,18?,19?,20?,22?,23+,25+,26+,27?/m1/s1. The van der Waals surface area contributed by atoms with Crippen LogP contribution < -0.4 is 0 Å². The van der Waals surface area contributed by atoms with Crippen molar-refractivity contribution in [3.05, 3.63) is 0 Å². The summed E-state index contributed by atoms with van der Waals surface area (Å²) < 4.78 is 24.2. The van der Waals surface area contributed by atoms with Gasteiger partial charge in [0.15, 0.2) is 11.9 Å². The van der Waals surface area contributed by atoms with Crippen molar-refractivity contribution in [1.82, 2.24) is 0 Å². The van der Waals surface area contributed by atoms with Crippen molar-refractivity contribution < 1.29 is 28.5 Å². The molecule has 0 aromatic heterocycles. The molecule has 6 aliphatic rings. The highest BCUT2D eigenvalue weighted by Gasteiger charge is 2.71. The van der Waals surface area contributed by atoms with Crippen molar-refractivity contribution in [2.75, 3.05) is 0 Å². The largest absolute Gasteiger partial charge is 0.459 e. The van der Waals surface area contributed by atoms with E-state index >= 15 is 0 Å². The number of hydrogen-bond acceptors (Lipinski definition) is 6. The third-order valence-corrected chi connectivity index (χ3v) is 11.3. The molecule has 2 bridgehead atoms. The molecule has 6 nitrogen and oxygen atoms in total. The molecule has 0 aromatic carbocycles. The maximum atomic E-state index is 12.2. The summed E-state index contributed by atoms with van der Waals surface area (Å²) >= 11 is 0. The third kappa shape index (κ3) is 2.92. The molecule has 0 aromatic rings. The summed E-state index contributed by atoms with van der Waals surface area (Å²) in [6.45, 7) is 11.5. The van der Waals surface area contributed by atoms with E-state index in [1.807, 2.05) is 0 Å². The molecule has 0 radical (unpaired) electrons. The van der Waals surface area contributed by atoms with Crippen LogP contribution in [0.3, 0.4) is 0 Å². The highest BCUT2D eigenvalue weighted by Crippen LogP contribution is 2.71. The second-order valence-electron chi connectivity index (χ2n) is 13.3. The average Bonchev–Trinajstić information content (AvgIpc) is 3.15. The summed E-state index contributed by atoms with van der Waals surface area (Å²) in [4.78, 5) is 24.4. The van der Waals surface area contributed by atoms with Crippen LogP contribution in [0.1, 0.15) is 92.4 Å². The molecule has 33 heavy (non-hydrogen) atoms. The molecule has 3 aliphatic carbocycles. The fourth-order valence-corrected chi connectivity index (χ4v) is 10.1. The zero-order valence-electron chi connectivity index (χ0n) is 20.9. The van der Waals surface area contributed by atoms with Crippen LogP contribution in [-0.2, 0) is 28.5 Å². The number of fused-ring (bicyclic) bond motifs is 7. The molecular weight excluding hydrogens is 420 g/mol. The first-order chi connectivity index (χ1) is 15.5. The monoisotopic (exact) mass is 460 g/mol. The minimum Gasteiger partial charge on any atom is -0.459 e. The maximum Gasteiger partial charge on any atom is 0.311 e. The van der Waals surface area contributed by atoms with Gasteiger partial charge in [-0.3, -0.25) is 9.59 Å². The molecule has 10 atom stereocenters. The van der Waals surface area contributed by atoms with Crippen LogP contribution in [0.15, 0.2) is 0 Å². The van der Waals surface area contributed by atoms with Crippen molar-refractivity contribution in [1.29, 1.82) is 0 Å². The molecule has 184 valence electrons. The summed E-state index contributed by atoms with van der Waals surface area (Å²) in [6, 6.07) is 0. The fourth-order valence-electron chi connectivity index (χ4n) is 10.1. The topological polar surface area (TPSA) is 71.1 Å². The van der Waals surface area contributed by atoms with Crippen LogP contribution in [0.4, 0.5) is 0 Å². The first-order valence-corrected chi connectivity index (χ1v) is 13.2. The van der Waals surface area contributed by atoms with E-state index in [1.165, 1.54) is 45.4 Å². The Hall–Kier alpha value is -1.14. The van der Waals surface area contributed by atoms with E-state index in [0.29, 0.717) is 22.7 Å². The van der Waals surface area contributed by atoms with Crippen molar-refractivity contribution in [3.63, 3.8) is 0 Å². The minimum absolute atomic E-state index is 0.0969. The number of carbonyl (C=O) groups excluding carboxylic acids is 2. The van der Waals surface area contributed by atoms with Crippen molar-refractivity contribution >= 4 is 11.9 Å². The van der Waals surface area contributed by atoms with Gasteiger partial charge in [0.1, 0.15) is 6.10 Å². The Morgan fingerprint density at radius 2 is 1.79 bits per heavy atom. The lowest BCUT2D eigenvalue weighted by Gasteiger charge is -2.67. The van der Waals surface area contributed by atoms with E-state index in [4.69, 9.17) is 18.9 Å².